The molecule has 0 saturated heterocycles. The van der Waals surface area contributed by atoms with E-state index in [0.717, 1.165) is 11.3 Å². The molecule has 1 aromatic heterocycles. The first kappa shape index (κ1) is 15.6. The van der Waals surface area contributed by atoms with E-state index in [9.17, 15) is 9.59 Å². The molecule has 0 fully saturated rings. The van der Waals surface area contributed by atoms with Crippen LogP contribution in [0.5, 0.6) is 0 Å². The van der Waals surface area contributed by atoms with Gasteiger partial charge < -0.3 is 9.64 Å². The number of carbonyl (C=O) groups excluding carboxylic acids is 2. The van der Waals surface area contributed by atoms with Crippen molar-refractivity contribution in [2.45, 2.75) is 13.0 Å². The Kier molecular flexibility index (Phi) is 4.09. The Bertz CT molecular complexity index is 768. The Labute approximate surface area is 138 Å². The molecule has 2 heterocycles. The van der Waals surface area contributed by atoms with E-state index < -0.39 is 5.97 Å². The quantitative estimate of drug-likeness (QED) is 0.789. The highest BCUT2D eigenvalue weighted by molar-refractivity contribution is 6.30. The number of carbonyl (C=O) groups is 2. The summed E-state index contributed by atoms with van der Waals surface area (Å²) in [5, 5.41) is 4.82. The van der Waals surface area contributed by atoms with Crippen molar-refractivity contribution in [1.29, 1.82) is 0 Å². The predicted molar refractivity (Wildman–Crippen MR) is 84.4 cm³/mol. The lowest BCUT2D eigenvalue weighted by Gasteiger charge is -2.27. The van der Waals surface area contributed by atoms with Crippen molar-refractivity contribution in [3.05, 3.63) is 51.8 Å². The van der Waals surface area contributed by atoms with Gasteiger partial charge in [-0.3, -0.25) is 9.48 Å². The summed E-state index contributed by atoms with van der Waals surface area (Å²) in [5.41, 5.74) is 2.65. The van der Waals surface area contributed by atoms with Crippen LogP contribution >= 0.6 is 11.6 Å². The Morgan fingerprint density at radius 2 is 1.96 bits per heavy atom. The van der Waals surface area contributed by atoms with Gasteiger partial charge in [0.05, 0.1) is 19.3 Å². The summed E-state index contributed by atoms with van der Waals surface area (Å²) in [4.78, 5) is 26.1. The maximum Gasteiger partial charge on any atom is 0.358 e. The monoisotopic (exact) mass is 333 g/mol. The van der Waals surface area contributed by atoms with Gasteiger partial charge in [-0.1, -0.05) is 11.6 Å². The minimum atomic E-state index is -0.445. The number of fused-ring (bicyclic) bond motifs is 1. The first-order valence-electron chi connectivity index (χ1n) is 7.19. The summed E-state index contributed by atoms with van der Waals surface area (Å²) in [6.07, 6.45) is 0.576. The van der Waals surface area contributed by atoms with Gasteiger partial charge in [0.25, 0.3) is 5.91 Å². The van der Waals surface area contributed by atoms with E-state index in [4.69, 9.17) is 16.3 Å². The van der Waals surface area contributed by atoms with Gasteiger partial charge in [-0.25, -0.2) is 4.79 Å². The van der Waals surface area contributed by atoms with Crippen LogP contribution in [-0.4, -0.2) is 40.2 Å². The lowest BCUT2D eigenvalue weighted by Crippen LogP contribution is -2.36. The zero-order valence-electron chi connectivity index (χ0n) is 12.9. The van der Waals surface area contributed by atoms with E-state index >= 15 is 0 Å². The number of hydrogen-bond donors (Lipinski definition) is 0. The van der Waals surface area contributed by atoms with Gasteiger partial charge in [0.1, 0.15) is 0 Å². The van der Waals surface area contributed by atoms with Crippen molar-refractivity contribution in [3.63, 3.8) is 0 Å². The van der Waals surface area contributed by atoms with Crippen LogP contribution in [0, 0.1) is 0 Å². The molecule has 23 heavy (non-hydrogen) atoms. The molecule has 1 aromatic carbocycles. The molecule has 1 aliphatic heterocycles. The first-order chi connectivity index (χ1) is 11.0. The largest absolute Gasteiger partial charge is 0.464 e. The molecule has 0 saturated carbocycles. The second-order valence-corrected chi connectivity index (χ2v) is 5.81. The molecule has 1 amide bonds. The fraction of sp³-hybridized carbons (Fsp3) is 0.312. The van der Waals surface area contributed by atoms with Crippen LogP contribution in [0.3, 0.4) is 0 Å². The second kappa shape index (κ2) is 6.04. The Balaban J connectivity index is 1.86. The molecule has 2 aromatic rings. The van der Waals surface area contributed by atoms with Gasteiger partial charge in [-0.15, -0.1) is 0 Å². The molecule has 3 rings (SSSR count). The average molecular weight is 334 g/mol. The zero-order chi connectivity index (χ0) is 16.6. The maximum absolute atomic E-state index is 12.6. The number of benzene rings is 1. The van der Waals surface area contributed by atoms with Crippen molar-refractivity contribution >= 4 is 23.5 Å². The van der Waals surface area contributed by atoms with E-state index in [1.807, 2.05) is 0 Å². The lowest BCUT2D eigenvalue weighted by atomic mass is 10.0. The number of ether oxygens (including phenoxy) is 1. The molecule has 1 aliphatic rings. The summed E-state index contributed by atoms with van der Waals surface area (Å²) in [7, 11) is 3.10. The maximum atomic E-state index is 12.6. The third-order valence-corrected chi connectivity index (χ3v) is 4.26. The normalized spacial score (nSPS) is 13.6. The summed E-state index contributed by atoms with van der Waals surface area (Å²) in [5.74, 6) is -0.507. The van der Waals surface area contributed by atoms with Gasteiger partial charge in [0.2, 0.25) is 0 Å². The molecule has 7 heteroatoms. The van der Waals surface area contributed by atoms with Gasteiger partial charge in [-0.05, 0) is 30.7 Å². The zero-order valence-corrected chi connectivity index (χ0v) is 13.6. The number of aryl methyl sites for hydroxylation is 1. The molecule has 120 valence electrons. The molecule has 6 nitrogen and oxygen atoms in total. The Morgan fingerprint density at radius 1 is 1.26 bits per heavy atom. The predicted octanol–water partition coefficient (Wildman–Crippen LogP) is 2.06. The minimum absolute atomic E-state index is 0.0619. The van der Waals surface area contributed by atoms with Crippen LogP contribution in [0.25, 0.3) is 0 Å². The third kappa shape index (κ3) is 2.82. The second-order valence-electron chi connectivity index (χ2n) is 5.37. The van der Waals surface area contributed by atoms with Gasteiger partial charge in [0.15, 0.2) is 5.69 Å². The van der Waals surface area contributed by atoms with Crippen molar-refractivity contribution in [3.8, 4) is 0 Å². The summed E-state index contributed by atoms with van der Waals surface area (Å²) >= 11 is 5.86. The number of hydrogen-bond acceptors (Lipinski definition) is 4. The van der Waals surface area contributed by atoms with Crippen molar-refractivity contribution < 1.29 is 14.3 Å². The highest BCUT2D eigenvalue weighted by Gasteiger charge is 2.29. The van der Waals surface area contributed by atoms with Crippen molar-refractivity contribution in [2.75, 3.05) is 13.7 Å². The van der Waals surface area contributed by atoms with E-state index in [-0.39, 0.29) is 5.91 Å². The topological polar surface area (TPSA) is 64.4 Å². The summed E-state index contributed by atoms with van der Waals surface area (Å²) in [6, 6.07) is 6.82. The van der Waals surface area contributed by atoms with Gasteiger partial charge in [0, 0.05) is 29.7 Å². The van der Waals surface area contributed by atoms with E-state index in [0.29, 0.717) is 35.8 Å². The molecule has 0 bridgehead atoms. The Hall–Kier alpha value is -2.34. The summed E-state index contributed by atoms with van der Waals surface area (Å²) < 4.78 is 6.40. The highest BCUT2D eigenvalue weighted by atomic mass is 35.5. The first-order valence-corrected chi connectivity index (χ1v) is 7.57. The van der Waals surface area contributed by atoms with Gasteiger partial charge in [-0.2, -0.15) is 5.10 Å². The van der Waals surface area contributed by atoms with E-state index in [2.05, 4.69) is 5.10 Å². The van der Waals surface area contributed by atoms with Crippen LogP contribution < -0.4 is 0 Å². The van der Waals surface area contributed by atoms with E-state index in [1.165, 1.54) is 7.11 Å². The number of amides is 1. The molecule has 0 N–H and O–H groups in total. The molecule has 0 atom stereocenters. The number of rotatable bonds is 2. The highest BCUT2D eigenvalue weighted by Crippen LogP contribution is 2.24. The van der Waals surface area contributed by atoms with Crippen molar-refractivity contribution in [2.24, 2.45) is 7.05 Å². The fourth-order valence-electron chi connectivity index (χ4n) is 2.78. The number of aromatic nitrogens is 2. The standard InChI is InChI=1S/C16H16ClN3O3/c1-19-13-9-20(15(21)10-3-5-11(17)6-4-10)8-7-12(13)14(18-19)16(22)23-2/h3-6H,7-9H2,1-2H3. The number of esters is 1. The number of methoxy groups -OCH3 is 1. The van der Waals surface area contributed by atoms with Crippen LogP contribution in [0.15, 0.2) is 24.3 Å². The smallest absolute Gasteiger partial charge is 0.358 e. The van der Waals surface area contributed by atoms with Crippen LogP contribution in [-0.2, 0) is 24.8 Å². The van der Waals surface area contributed by atoms with Crippen LogP contribution in [0.1, 0.15) is 32.1 Å². The van der Waals surface area contributed by atoms with Gasteiger partial charge >= 0.3 is 5.97 Å². The minimum Gasteiger partial charge on any atom is -0.464 e. The molecule has 0 unspecified atom stereocenters. The third-order valence-electron chi connectivity index (χ3n) is 4.00. The lowest BCUT2D eigenvalue weighted by molar-refractivity contribution is 0.0591. The SMILES string of the molecule is COC(=O)c1nn(C)c2c1CCN(C(=O)c1ccc(Cl)cc1)C2. The van der Waals surface area contributed by atoms with Crippen molar-refractivity contribution in [1.82, 2.24) is 14.7 Å². The fourth-order valence-corrected chi connectivity index (χ4v) is 2.90. The molecule has 0 spiro atoms. The summed E-state index contributed by atoms with van der Waals surface area (Å²) in [6.45, 7) is 0.946. The molecular weight excluding hydrogens is 318 g/mol. The molecule has 0 radical (unpaired) electrons. The number of halogens is 1. The Morgan fingerprint density at radius 3 is 2.61 bits per heavy atom. The number of nitrogens with zero attached hydrogens (tertiary/aromatic N) is 3. The van der Waals surface area contributed by atoms with Crippen LogP contribution in [0.2, 0.25) is 5.02 Å². The van der Waals surface area contributed by atoms with E-state index in [1.54, 1.807) is 40.9 Å². The van der Waals surface area contributed by atoms with Crippen LogP contribution in [0.4, 0.5) is 0 Å². The molecular formula is C16H16ClN3O3. The molecule has 0 aliphatic carbocycles. The average Bonchev–Trinajstić information content (AvgIpc) is 2.90.